The van der Waals surface area contributed by atoms with Gasteiger partial charge >= 0.3 is 6.18 Å². The van der Waals surface area contributed by atoms with Crippen LogP contribution >= 0.6 is 11.6 Å². The number of nitrogens with one attached hydrogen (secondary N) is 2. The van der Waals surface area contributed by atoms with E-state index in [9.17, 15) is 18.0 Å². The SMILES string of the molecule is O=C(N[C@H]1COc2ccc(Cl)cc2C1)c1cn2c(n1)CC(CNCC(F)(F)F)CO2. The number of amides is 1. The number of alkyl halides is 3. The van der Waals surface area contributed by atoms with Crippen LogP contribution in [0, 0.1) is 5.92 Å². The zero-order chi connectivity index (χ0) is 21.3. The van der Waals surface area contributed by atoms with Crippen LogP contribution in [-0.2, 0) is 12.8 Å². The second-order valence-corrected chi connectivity index (χ2v) is 7.85. The van der Waals surface area contributed by atoms with Gasteiger partial charge < -0.3 is 20.2 Å². The highest BCUT2D eigenvalue weighted by Crippen LogP contribution is 2.27. The summed E-state index contributed by atoms with van der Waals surface area (Å²) in [5.74, 6) is 0.723. The van der Waals surface area contributed by atoms with E-state index in [1.165, 1.54) is 10.9 Å². The fourth-order valence-corrected chi connectivity index (χ4v) is 3.72. The summed E-state index contributed by atoms with van der Waals surface area (Å²) >= 11 is 6.02. The van der Waals surface area contributed by atoms with Gasteiger partial charge in [0.05, 0.1) is 18.8 Å². The molecule has 0 radical (unpaired) electrons. The van der Waals surface area contributed by atoms with E-state index in [1.807, 2.05) is 6.07 Å². The molecule has 1 aromatic heterocycles. The molecule has 2 aromatic rings. The van der Waals surface area contributed by atoms with E-state index >= 15 is 0 Å². The third kappa shape index (κ3) is 4.99. The van der Waals surface area contributed by atoms with Gasteiger partial charge in [-0.1, -0.05) is 11.6 Å². The monoisotopic (exact) mass is 444 g/mol. The lowest BCUT2D eigenvalue weighted by Crippen LogP contribution is -2.42. The molecule has 0 fully saturated rings. The molecule has 1 aromatic carbocycles. The molecule has 3 heterocycles. The Hall–Kier alpha value is -2.46. The van der Waals surface area contributed by atoms with E-state index in [1.54, 1.807) is 12.1 Å². The topological polar surface area (TPSA) is 77.4 Å². The van der Waals surface area contributed by atoms with Gasteiger partial charge in [0.25, 0.3) is 5.91 Å². The minimum Gasteiger partial charge on any atom is -0.491 e. The molecule has 0 saturated heterocycles. The van der Waals surface area contributed by atoms with Gasteiger partial charge in [-0.15, -0.1) is 0 Å². The van der Waals surface area contributed by atoms with Crippen molar-refractivity contribution in [2.45, 2.75) is 25.1 Å². The van der Waals surface area contributed by atoms with Gasteiger partial charge in [-0.2, -0.15) is 17.9 Å². The third-order valence-corrected chi connectivity index (χ3v) is 5.15. The molecule has 30 heavy (non-hydrogen) atoms. The molecule has 0 spiro atoms. The molecule has 0 saturated carbocycles. The molecule has 11 heteroatoms. The number of imidazole rings is 1. The van der Waals surface area contributed by atoms with Gasteiger partial charge in [0.15, 0.2) is 0 Å². The van der Waals surface area contributed by atoms with Crippen LogP contribution in [0.2, 0.25) is 5.02 Å². The molecule has 2 atom stereocenters. The van der Waals surface area contributed by atoms with Crippen LogP contribution < -0.4 is 20.2 Å². The number of hydrogen-bond acceptors (Lipinski definition) is 5. The quantitative estimate of drug-likeness (QED) is 0.738. The van der Waals surface area contributed by atoms with Crippen molar-refractivity contribution in [1.82, 2.24) is 20.3 Å². The number of benzene rings is 1. The number of rotatable bonds is 5. The summed E-state index contributed by atoms with van der Waals surface area (Å²) in [6, 6.07) is 5.13. The maximum absolute atomic E-state index is 12.6. The molecule has 4 rings (SSSR count). The normalized spacial score (nSPS) is 20.5. The Labute approximate surface area is 175 Å². The number of hydrogen-bond donors (Lipinski definition) is 2. The minimum absolute atomic E-state index is 0.148. The molecule has 2 N–H and O–H groups in total. The highest BCUT2D eigenvalue weighted by atomic mass is 35.5. The summed E-state index contributed by atoms with van der Waals surface area (Å²) in [4.78, 5) is 22.4. The number of ether oxygens (including phenoxy) is 1. The number of carbonyl (C=O) groups excluding carboxylic acids is 1. The smallest absolute Gasteiger partial charge is 0.401 e. The van der Waals surface area contributed by atoms with E-state index in [4.69, 9.17) is 21.2 Å². The summed E-state index contributed by atoms with van der Waals surface area (Å²) in [7, 11) is 0. The highest BCUT2D eigenvalue weighted by Gasteiger charge is 2.29. The van der Waals surface area contributed by atoms with Crippen molar-refractivity contribution < 1.29 is 27.5 Å². The number of nitrogens with zero attached hydrogens (tertiary/aromatic N) is 2. The Morgan fingerprint density at radius 3 is 2.93 bits per heavy atom. The Morgan fingerprint density at radius 2 is 2.13 bits per heavy atom. The summed E-state index contributed by atoms with van der Waals surface area (Å²) in [5, 5.41) is 5.87. The van der Waals surface area contributed by atoms with E-state index in [2.05, 4.69) is 15.6 Å². The van der Waals surface area contributed by atoms with Gasteiger partial charge in [0, 0.05) is 23.9 Å². The molecule has 0 bridgehead atoms. The van der Waals surface area contributed by atoms with Crippen LogP contribution in [0.15, 0.2) is 24.4 Å². The molecule has 0 aliphatic carbocycles. The van der Waals surface area contributed by atoms with E-state index in [0.717, 1.165) is 11.3 Å². The predicted octanol–water partition coefficient (Wildman–Crippen LogP) is 2.02. The Morgan fingerprint density at radius 1 is 1.30 bits per heavy atom. The van der Waals surface area contributed by atoms with Crippen LogP contribution in [0.1, 0.15) is 21.9 Å². The zero-order valence-electron chi connectivity index (χ0n) is 15.8. The van der Waals surface area contributed by atoms with Crippen molar-refractivity contribution in [1.29, 1.82) is 0 Å². The first-order chi connectivity index (χ1) is 14.3. The Balaban J connectivity index is 1.33. The number of halogens is 4. The first kappa shape index (κ1) is 20.8. The lowest BCUT2D eigenvalue weighted by Gasteiger charge is -2.26. The number of carbonyl (C=O) groups is 1. The fourth-order valence-electron chi connectivity index (χ4n) is 3.53. The second kappa shape index (κ2) is 8.35. The van der Waals surface area contributed by atoms with E-state index in [-0.39, 0.29) is 36.7 Å². The third-order valence-electron chi connectivity index (χ3n) is 4.92. The first-order valence-electron chi connectivity index (χ1n) is 9.48. The highest BCUT2D eigenvalue weighted by molar-refractivity contribution is 6.30. The molecular weight excluding hydrogens is 425 g/mol. The van der Waals surface area contributed by atoms with Crippen molar-refractivity contribution in [3.8, 4) is 5.75 Å². The summed E-state index contributed by atoms with van der Waals surface area (Å²) in [5.41, 5.74) is 1.10. The first-order valence-corrected chi connectivity index (χ1v) is 9.86. The van der Waals surface area contributed by atoms with Crippen LogP contribution in [0.3, 0.4) is 0 Å². The lowest BCUT2D eigenvalue weighted by atomic mass is 10.0. The molecule has 7 nitrogen and oxygen atoms in total. The van der Waals surface area contributed by atoms with Crippen molar-refractivity contribution in [3.05, 3.63) is 46.5 Å². The van der Waals surface area contributed by atoms with Crippen LogP contribution in [0.5, 0.6) is 5.75 Å². The number of fused-ring (bicyclic) bond motifs is 2. The molecule has 2 aliphatic heterocycles. The maximum Gasteiger partial charge on any atom is 0.401 e. The Kier molecular flexibility index (Phi) is 5.79. The van der Waals surface area contributed by atoms with Gasteiger partial charge in [-0.3, -0.25) is 4.79 Å². The van der Waals surface area contributed by atoms with Crippen LogP contribution in [0.25, 0.3) is 0 Å². The predicted molar refractivity (Wildman–Crippen MR) is 102 cm³/mol. The second-order valence-electron chi connectivity index (χ2n) is 7.42. The summed E-state index contributed by atoms with van der Waals surface area (Å²) < 4.78 is 43.9. The van der Waals surface area contributed by atoms with Gasteiger partial charge in [0.2, 0.25) is 0 Å². The molecule has 162 valence electrons. The van der Waals surface area contributed by atoms with Crippen molar-refractivity contribution in [3.63, 3.8) is 0 Å². The van der Waals surface area contributed by atoms with Crippen LogP contribution in [0.4, 0.5) is 13.2 Å². The lowest BCUT2D eigenvalue weighted by molar-refractivity contribution is -0.125. The molecule has 2 aliphatic rings. The number of aromatic nitrogens is 2. The molecular formula is C19H20ClF3N4O3. The van der Waals surface area contributed by atoms with Gasteiger partial charge in [-0.25, -0.2) is 4.98 Å². The fraction of sp³-hybridized carbons (Fsp3) is 0.474. The zero-order valence-corrected chi connectivity index (χ0v) is 16.6. The molecule has 1 unspecified atom stereocenters. The largest absolute Gasteiger partial charge is 0.491 e. The van der Waals surface area contributed by atoms with Crippen molar-refractivity contribution in [2.75, 3.05) is 26.3 Å². The van der Waals surface area contributed by atoms with Gasteiger partial charge in [-0.05, 0) is 30.2 Å². The Bertz CT molecular complexity index is 934. The average Bonchev–Trinajstić information content (AvgIpc) is 3.10. The molecule has 1 amide bonds. The summed E-state index contributed by atoms with van der Waals surface area (Å²) in [6.45, 7) is -0.334. The minimum atomic E-state index is -4.26. The van der Waals surface area contributed by atoms with Crippen molar-refractivity contribution >= 4 is 17.5 Å². The standard InChI is InChI=1S/C19H20ClF3N4O3/c20-13-1-2-16-12(4-13)5-14(9-29-16)25-18(28)15-7-27-17(26-15)3-11(8-30-27)6-24-10-19(21,22)23/h1-2,4,7,11,14,24H,3,5-6,8-10H2,(H,25,28)/t11?,14-/m1/s1. The van der Waals surface area contributed by atoms with Crippen LogP contribution in [-0.4, -0.2) is 54.1 Å². The maximum atomic E-state index is 12.6. The average molecular weight is 445 g/mol. The van der Waals surface area contributed by atoms with E-state index in [0.29, 0.717) is 30.3 Å². The van der Waals surface area contributed by atoms with E-state index < -0.39 is 12.7 Å². The van der Waals surface area contributed by atoms with Gasteiger partial charge in [0.1, 0.15) is 30.5 Å². The van der Waals surface area contributed by atoms with Crippen molar-refractivity contribution in [2.24, 2.45) is 5.92 Å². The summed E-state index contributed by atoms with van der Waals surface area (Å²) in [6.07, 6.45) is -1.78.